The molecule has 1 fully saturated rings. The van der Waals surface area contributed by atoms with E-state index in [0.29, 0.717) is 6.04 Å². The summed E-state index contributed by atoms with van der Waals surface area (Å²) in [5.74, 6) is 0.801. The molecule has 0 radical (unpaired) electrons. The van der Waals surface area contributed by atoms with Crippen LogP contribution in [0.25, 0.3) is 0 Å². The van der Waals surface area contributed by atoms with Crippen molar-refractivity contribution in [1.82, 2.24) is 20.0 Å². The summed E-state index contributed by atoms with van der Waals surface area (Å²) in [6.45, 7) is 12.5. The van der Waals surface area contributed by atoms with Gasteiger partial charge in [-0.1, -0.05) is 6.92 Å². The summed E-state index contributed by atoms with van der Waals surface area (Å²) in [5, 5.41) is 8.02. The summed E-state index contributed by atoms with van der Waals surface area (Å²) in [6.07, 6.45) is 8.03. The van der Waals surface area contributed by atoms with Gasteiger partial charge in [0.1, 0.15) is 0 Å². The number of aryl methyl sites for hydroxylation is 1. The van der Waals surface area contributed by atoms with Crippen LogP contribution in [0.1, 0.15) is 38.7 Å². The molecule has 114 valence electrons. The third-order valence-corrected chi connectivity index (χ3v) is 4.36. The van der Waals surface area contributed by atoms with Gasteiger partial charge in [-0.3, -0.25) is 4.68 Å². The highest BCUT2D eigenvalue weighted by Crippen LogP contribution is 2.19. The molecule has 2 heterocycles. The van der Waals surface area contributed by atoms with E-state index >= 15 is 0 Å². The van der Waals surface area contributed by atoms with Gasteiger partial charge < -0.3 is 10.2 Å². The second-order valence-corrected chi connectivity index (χ2v) is 6.23. The van der Waals surface area contributed by atoms with Crippen molar-refractivity contribution in [1.29, 1.82) is 0 Å². The van der Waals surface area contributed by atoms with Gasteiger partial charge in [0.25, 0.3) is 0 Å². The fourth-order valence-electron chi connectivity index (χ4n) is 3.18. The molecule has 1 N–H and O–H groups in total. The molecule has 0 bridgehead atoms. The fourth-order valence-corrected chi connectivity index (χ4v) is 3.18. The molecule has 0 amide bonds. The summed E-state index contributed by atoms with van der Waals surface area (Å²) in [6, 6.07) is 0.603. The first kappa shape index (κ1) is 15.5. The van der Waals surface area contributed by atoms with E-state index in [1.807, 2.05) is 10.9 Å². The Balaban J connectivity index is 1.69. The molecule has 0 saturated carbocycles. The Bertz CT molecular complexity index is 386. The number of piperidine rings is 1. The van der Waals surface area contributed by atoms with Crippen LogP contribution in [0.4, 0.5) is 0 Å². The molecule has 1 aliphatic rings. The van der Waals surface area contributed by atoms with Gasteiger partial charge >= 0.3 is 0 Å². The number of hydrogen-bond acceptors (Lipinski definition) is 3. The van der Waals surface area contributed by atoms with Gasteiger partial charge in [0.2, 0.25) is 0 Å². The van der Waals surface area contributed by atoms with Crippen molar-refractivity contribution < 1.29 is 0 Å². The van der Waals surface area contributed by atoms with Gasteiger partial charge in [0.05, 0.1) is 12.7 Å². The van der Waals surface area contributed by atoms with Crippen molar-refractivity contribution in [2.45, 2.75) is 52.6 Å². The molecule has 0 spiro atoms. The van der Waals surface area contributed by atoms with Crippen LogP contribution in [0.2, 0.25) is 0 Å². The van der Waals surface area contributed by atoms with E-state index in [0.717, 1.165) is 19.0 Å². The Morgan fingerprint density at radius 3 is 3.00 bits per heavy atom. The minimum atomic E-state index is 0.603. The summed E-state index contributed by atoms with van der Waals surface area (Å²) >= 11 is 0. The summed E-state index contributed by atoms with van der Waals surface area (Å²) in [7, 11) is 0. The minimum Gasteiger partial charge on any atom is -0.312 e. The zero-order valence-electron chi connectivity index (χ0n) is 13.3. The van der Waals surface area contributed by atoms with Crippen LogP contribution in [-0.4, -0.2) is 46.9 Å². The third kappa shape index (κ3) is 4.60. The van der Waals surface area contributed by atoms with Gasteiger partial charge in [-0.15, -0.1) is 0 Å². The molecule has 2 rings (SSSR count). The Kier molecular flexibility index (Phi) is 6.05. The van der Waals surface area contributed by atoms with E-state index < -0.39 is 0 Å². The highest BCUT2D eigenvalue weighted by molar-refractivity contribution is 4.99. The van der Waals surface area contributed by atoms with Crippen molar-refractivity contribution >= 4 is 0 Å². The first-order valence-electron chi connectivity index (χ1n) is 8.14. The standard InChI is InChI=1S/C16H30N4/c1-4-8-19-9-5-6-16(13-19)15(3)17-7-10-20-12-14(2)11-18-20/h11-12,15-17H,4-10,13H2,1-3H3. The van der Waals surface area contributed by atoms with Crippen LogP contribution < -0.4 is 5.32 Å². The topological polar surface area (TPSA) is 33.1 Å². The predicted molar refractivity (Wildman–Crippen MR) is 83.9 cm³/mol. The predicted octanol–water partition coefficient (Wildman–Crippen LogP) is 2.29. The average molecular weight is 278 g/mol. The van der Waals surface area contributed by atoms with Crippen molar-refractivity contribution in [2.75, 3.05) is 26.2 Å². The van der Waals surface area contributed by atoms with E-state index in [2.05, 4.69) is 42.3 Å². The Morgan fingerprint density at radius 1 is 1.45 bits per heavy atom. The lowest BCUT2D eigenvalue weighted by atomic mass is 9.91. The summed E-state index contributed by atoms with van der Waals surface area (Å²) in [4.78, 5) is 2.63. The molecule has 0 aromatic carbocycles. The van der Waals surface area contributed by atoms with Gasteiger partial charge in [0, 0.05) is 25.3 Å². The molecule has 4 nitrogen and oxygen atoms in total. The van der Waals surface area contributed by atoms with Crippen molar-refractivity contribution in [3.63, 3.8) is 0 Å². The van der Waals surface area contributed by atoms with Crippen LogP contribution in [0.15, 0.2) is 12.4 Å². The molecule has 2 atom stereocenters. The highest BCUT2D eigenvalue weighted by Gasteiger charge is 2.23. The summed E-state index contributed by atoms with van der Waals surface area (Å²) < 4.78 is 2.03. The van der Waals surface area contributed by atoms with E-state index in [1.54, 1.807) is 0 Å². The van der Waals surface area contributed by atoms with E-state index in [9.17, 15) is 0 Å². The van der Waals surface area contributed by atoms with Crippen LogP contribution in [0, 0.1) is 12.8 Å². The fraction of sp³-hybridized carbons (Fsp3) is 0.812. The maximum absolute atomic E-state index is 4.33. The number of hydrogen-bond donors (Lipinski definition) is 1. The molecule has 20 heavy (non-hydrogen) atoms. The Labute approximate surface area is 123 Å². The molecule has 4 heteroatoms. The first-order chi connectivity index (χ1) is 9.69. The summed E-state index contributed by atoms with van der Waals surface area (Å²) in [5.41, 5.74) is 1.24. The van der Waals surface area contributed by atoms with Gasteiger partial charge in [-0.2, -0.15) is 5.10 Å². The second kappa shape index (κ2) is 7.79. The largest absolute Gasteiger partial charge is 0.312 e. The van der Waals surface area contributed by atoms with E-state index in [-0.39, 0.29) is 0 Å². The number of likely N-dealkylation sites (tertiary alicyclic amines) is 1. The first-order valence-corrected chi connectivity index (χ1v) is 8.14. The number of rotatable bonds is 7. The highest BCUT2D eigenvalue weighted by atomic mass is 15.3. The molecule has 2 unspecified atom stereocenters. The van der Waals surface area contributed by atoms with Crippen LogP contribution >= 0.6 is 0 Å². The second-order valence-electron chi connectivity index (χ2n) is 6.23. The molecule has 1 saturated heterocycles. The van der Waals surface area contributed by atoms with E-state index in [4.69, 9.17) is 0 Å². The zero-order valence-corrected chi connectivity index (χ0v) is 13.3. The van der Waals surface area contributed by atoms with Gasteiger partial charge in [0.15, 0.2) is 0 Å². The van der Waals surface area contributed by atoms with E-state index in [1.165, 1.54) is 44.5 Å². The quantitative estimate of drug-likeness (QED) is 0.831. The number of nitrogens with one attached hydrogen (secondary N) is 1. The molecule has 1 aliphatic heterocycles. The van der Waals surface area contributed by atoms with Crippen molar-refractivity contribution in [3.05, 3.63) is 18.0 Å². The SMILES string of the molecule is CCCN1CCCC(C(C)NCCn2cc(C)cn2)C1. The maximum Gasteiger partial charge on any atom is 0.0534 e. The number of nitrogens with zero attached hydrogens (tertiary/aromatic N) is 3. The molecular weight excluding hydrogens is 248 g/mol. The smallest absolute Gasteiger partial charge is 0.0534 e. The maximum atomic E-state index is 4.33. The monoisotopic (exact) mass is 278 g/mol. The Morgan fingerprint density at radius 2 is 2.30 bits per heavy atom. The van der Waals surface area contributed by atoms with Gasteiger partial charge in [-0.25, -0.2) is 0 Å². The van der Waals surface area contributed by atoms with Crippen LogP contribution in [0.5, 0.6) is 0 Å². The van der Waals surface area contributed by atoms with Crippen molar-refractivity contribution in [2.24, 2.45) is 5.92 Å². The lowest BCUT2D eigenvalue weighted by Crippen LogP contribution is -2.45. The molecule has 0 aliphatic carbocycles. The lowest BCUT2D eigenvalue weighted by molar-refractivity contribution is 0.150. The minimum absolute atomic E-state index is 0.603. The average Bonchev–Trinajstić information content (AvgIpc) is 2.85. The normalized spacial score (nSPS) is 22.1. The Hall–Kier alpha value is -0.870. The molecule has 1 aromatic rings. The molecule has 1 aromatic heterocycles. The zero-order chi connectivity index (χ0) is 14.4. The van der Waals surface area contributed by atoms with Crippen LogP contribution in [-0.2, 0) is 6.54 Å². The van der Waals surface area contributed by atoms with Gasteiger partial charge in [-0.05, 0) is 57.7 Å². The van der Waals surface area contributed by atoms with Crippen molar-refractivity contribution in [3.8, 4) is 0 Å². The van der Waals surface area contributed by atoms with Crippen LogP contribution in [0.3, 0.4) is 0 Å². The lowest BCUT2D eigenvalue weighted by Gasteiger charge is -2.36. The third-order valence-electron chi connectivity index (χ3n) is 4.36. The molecular formula is C16H30N4. The number of aromatic nitrogens is 2.